The molecule has 254 valence electrons. The number of para-hydroxylation sites is 1. The van der Waals surface area contributed by atoms with E-state index in [2.05, 4.69) is 74.4 Å². The van der Waals surface area contributed by atoms with Crippen LogP contribution >= 0.6 is 7.60 Å². The van der Waals surface area contributed by atoms with E-state index in [1.165, 1.54) is 35.2 Å². The number of rotatable bonds is 12. The fourth-order valence-electron chi connectivity index (χ4n) is 6.78. The zero-order valence-electron chi connectivity index (χ0n) is 28.1. The van der Waals surface area contributed by atoms with E-state index in [1.807, 2.05) is 24.3 Å². The third kappa shape index (κ3) is 6.79. The molecule has 2 aliphatic heterocycles. The molecule has 0 radical (unpaired) electrons. The Hall–Kier alpha value is -4.37. The molecule has 0 spiro atoms. The first-order valence-corrected chi connectivity index (χ1v) is 17.9. The Balaban J connectivity index is 1.29. The summed E-state index contributed by atoms with van der Waals surface area (Å²) in [4.78, 5) is 39.0. The molecule has 1 aromatic heterocycles. The highest BCUT2D eigenvalue weighted by Gasteiger charge is 2.44. The summed E-state index contributed by atoms with van der Waals surface area (Å²) < 4.78 is 15.0. The van der Waals surface area contributed by atoms with Crippen LogP contribution in [-0.2, 0) is 20.2 Å². The number of anilines is 1. The number of carbonyl (C=O) groups is 1. The normalized spacial score (nSPS) is 17.6. The van der Waals surface area contributed by atoms with E-state index < -0.39 is 19.0 Å². The van der Waals surface area contributed by atoms with Crippen molar-refractivity contribution >= 4 is 36.0 Å². The van der Waals surface area contributed by atoms with E-state index in [0.717, 1.165) is 42.9 Å². The van der Waals surface area contributed by atoms with Crippen LogP contribution in [0, 0.1) is 0 Å². The largest absolute Gasteiger partial charge is 0.492 e. The number of aromatic nitrogens is 1. The van der Waals surface area contributed by atoms with Gasteiger partial charge in [0.15, 0.2) is 5.71 Å². The van der Waals surface area contributed by atoms with Crippen LogP contribution in [0.25, 0.3) is 0 Å². The number of carbonyl (C=O) groups excluding carboxylic acids is 1. The van der Waals surface area contributed by atoms with E-state index in [-0.39, 0.29) is 28.9 Å². The summed E-state index contributed by atoms with van der Waals surface area (Å²) in [6, 6.07) is 15.9. The van der Waals surface area contributed by atoms with Gasteiger partial charge in [-0.3, -0.25) is 4.57 Å². The number of hydrogen-bond acceptors (Lipinski definition) is 6. The summed E-state index contributed by atoms with van der Waals surface area (Å²) in [5.74, 6) is -1.21. The first-order chi connectivity index (χ1) is 22.7. The van der Waals surface area contributed by atoms with Crippen molar-refractivity contribution in [3.05, 3.63) is 102 Å². The van der Waals surface area contributed by atoms with Crippen molar-refractivity contribution in [2.45, 2.75) is 71.1 Å². The van der Waals surface area contributed by atoms with Crippen LogP contribution in [0.2, 0.25) is 0 Å². The molecule has 11 heteroatoms. The lowest BCUT2D eigenvalue weighted by molar-refractivity contribution is -0.438. The second-order valence-corrected chi connectivity index (χ2v) is 14.8. The van der Waals surface area contributed by atoms with Gasteiger partial charge in [-0.1, -0.05) is 50.3 Å². The lowest BCUT2D eigenvalue weighted by Gasteiger charge is -2.25. The highest BCUT2D eigenvalue weighted by molar-refractivity contribution is 7.60. The lowest BCUT2D eigenvalue weighted by Crippen LogP contribution is -2.27. The van der Waals surface area contributed by atoms with Crippen LogP contribution in [0.4, 0.5) is 11.4 Å². The summed E-state index contributed by atoms with van der Waals surface area (Å²) in [5.41, 5.74) is 5.86. The molecule has 0 bridgehead atoms. The summed E-state index contributed by atoms with van der Waals surface area (Å²) in [5, 5.41) is 19.4. The maximum absolute atomic E-state index is 12.2. The maximum atomic E-state index is 12.2. The quantitative estimate of drug-likeness (QED) is 0.0783. The topological polar surface area (TPSA) is 135 Å². The Labute approximate surface area is 281 Å². The third-order valence-corrected chi connectivity index (χ3v) is 10.3. The maximum Gasteiger partial charge on any atom is 0.356 e. The summed E-state index contributed by atoms with van der Waals surface area (Å²) >= 11 is 0. The Morgan fingerprint density at radius 1 is 0.896 bits per heavy atom. The Kier molecular flexibility index (Phi) is 9.92. The van der Waals surface area contributed by atoms with E-state index in [9.17, 15) is 29.4 Å². The fourth-order valence-corrected chi connectivity index (χ4v) is 7.35. The lowest BCUT2D eigenvalue weighted by atomic mass is 9.81. The van der Waals surface area contributed by atoms with Crippen LogP contribution in [0.3, 0.4) is 0 Å². The molecule has 5 rings (SSSR count). The molecule has 2 aliphatic rings. The van der Waals surface area contributed by atoms with Crippen LogP contribution in [-0.4, -0.2) is 54.1 Å². The van der Waals surface area contributed by atoms with Gasteiger partial charge in [-0.2, -0.15) is 4.58 Å². The highest BCUT2D eigenvalue weighted by Crippen LogP contribution is 2.49. The van der Waals surface area contributed by atoms with Gasteiger partial charge in [0.2, 0.25) is 17.4 Å². The minimum absolute atomic E-state index is 0.0319. The minimum atomic E-state index is -4.36. The molecule has 0 aliphatic carbocycles. The number of hydrogen-bond donors (Lipinski definition) is 4. The zero-order chi connectivity index (χ0) is 34.9. The molecular weight excluding hydrogens is 629 g/mol. The van der Waals surface area contributed by atoms with Gasteiger partial charge in [-0.05, 0) is 63.5 Å². The molecule has 0 amide bonds. The predicted molar refractivity (Wildman–Crippen MR) is 188 cm³/mol. The van der Waals surface area contributed by atoms with E-state index >= 15 is 0 Å². The number of likely N-dealkylation sites (N-methyl/N-ethyl adjacent to an activating group) is 1. The van der Waals surface area contributed by atoms with Crippen molar-refractivity contribution in [2.24, 2.45) is 0 Å². The summed E-state index contributed by atoms with van der Waals surface area (Å²) in [7, 11) is -4.36. The molecule has 0 fully saturated rings. The number of allylic oxidation sites excluding steroid dienone is 6. The average molecular weight is 675 g/mol. The van der Waals surface area contributed by atoms with Crippen molar-refractivity contribution in [1.82, 2.24) is 4.73 Å². The molecule has 0 saturated carbocycles. The van der Waals surface area contributed by atoms with E-state index in [0.29, 0.717) is 11.2 Å². The number of fused-ring (bicyclic) bond motifs is 2. The average Bonchev–Trinajstić information content (AvgIpc) is 3.55. The number of unbranched alkanes of at least 4 members (excludes halogenated alkanes) is 2. The van der Waals surface area contributed by atoms with Gasteiger partial charge in [-0.25, -0.2) is 4.79 Å². The molecule has 0 atom stereocenters. The summed E-state index contributed by atoms with van der Waals surface area (Å²) in [6.45, 7) is 12.2. The van der Waals surface area contributed by atoms with Crippen LogP contribution in [0.15, 0.2) is 90.7 Å². The monoisotopic (exact) mass is 674 g/mol. The number of nitrogens with zero attached hydrogens (tertiary/aromatic N) is 3. The number of benzene rings is 2. The van der Waals surface area contributed by atoms with Gasteiger partial charge >= 0.3 is 13.6 Å². The minimum Gasteiger partial charge on any atom is -0.492 e. The number of aromatic hydroxyl groups is 2. The highest BCUT2D eigenvalue weighted by atomic mass is 31.2. The van der Waals surface area contributed by atoms with Gasteiger partial charge < -0.3 is 29.7 Å². The van der Waals surface area contributed by atoms with E-state index in [4.69, 9.17) is 4.84 Å². The smallest absolute Gasteiger partial charge is 0.356 e. The van der Waals surface area contributed by atoms with Crippen molar-refractivity contribution in [3.63, 3.8) is 0 Å². The second kappa shape index (κ2) is 13.6. The van der Waals surface area contributed by atoms with Crippen molar-refractivity contribution in [3.8, 4) is 11.8 Å². The molecular formula is C37H45N3O7P+. The molecule has 48 heavy (non-hydrogen) atoms. The van der Waals surface area contributed by atoms with E-state index in [1.54, 1.807) is 12.1 Å². The summed E-state index contributed by atoms with van der Waals surface area (Å²) in [6.07, 6.45) is 12.7. The fraction of sp³-hybridized carbons (Fsp3) is 0.351. The molecule has 3 heterocycles. The second-order valence-electron chi connectivity index (χ2n) is 13.2. The van der Waals surface area contributed by atoms with Gasteiger partial charge in [0, 0.05) is 66.0 Å². The molecule has 2 aromatic carbocycles. The first-order valence-electron chi connectivity index (χ1n) is 16.3. The van der Waals surface area contributed by atoms with Gasteiger partial charge in [0.1, 0.15) is 6.54 Å². The molecule has 0 saturated heterocycles. The van der Waals surface area contributed by atoms with Gasteiger partial charge in [0.05, 0.1) is 10.7 Å². The van der Waals surface area contributed by atoms with Crippen LogP contribution in [0.5, 0.6) is 11.8 Å². The first kappa shape index (κ1) is 35.0. The Bertz CT molecular complexity index is 1860. The van der Waals surface area contributed by atoms with Crippen molar-refractivity contribution in [2.75, 3.05) is 18.0 Å². The Morgan fingerprint density at radius 3 is 2.29 bits per heavy atom. The SMILES string of the molecule is CCN1C(=CC=CC=CC2=[N+](CCCCCC(=O)On3c(O)ccc3O)c3ccccc3C2(C)C)C(C)(C)c2cc(P(=O)(O)O)ccc21. The Morgan fingerprint density at radius 2 is 1.60 bits per heavy atom. The zero-order valence-corrected chi connectivity index (χ0v) is 29.0. The van der Waals surface area contributed by atoms with Gasteiger partial charge in [0.25, 0.3) is 0 Å². The predicted octanol–water partition coefficient (Wildman–Crippen LogP) is 6.11. The van der Waals surface area contributed by atoms with Crippen LogP contribution in [0.1, 0.15) is 71.4 Å². The molecule has 3 aromatic rings. The molecule has 10 nitrogen and oxygen atoms in total. The molecule has 4 N–H and O–H groups in total. The standard InChI is InChI=1S/C37H44N3O7P/c1-6-38-30-21-20-26(48(44,45)46)25-28(30)37(4,5)31(38)17-9-7-10-18-32-36(2,3)27-15-12-13-16-29(27)39(32)24-14-8-11-19-35(43)47-40-33(41)22-23-34(40)42/h7,9-10,12-13,15-18,20-23,25H,6,8,11,14,19,24H2,1-5H3,(H3-,41,42,44,45,46)/p+1. The third-order valence-electron chi connectivity index (χ3n) is 9.31. The van der Waals surface area contributed by atoms with Crippen LogP contribution < -0.4 is 15.0 Å². The molecule has 0 unspecified atom stereocenters. The van der Waals surface area contributed by atoms with Gasteiger partial charge in [-0.15, -0.1) is 4.73 Å². The van der Waals surface area contributed by atoms with Crippen molar-refractivity contribution < 1.29 is 38.8 Å². The van der Waals surface area contributed by atoms with Crippen molar-refractivity contribution in [1.29, 1.82) is 0 Å².